The minimum Gasteiger partial charge on any atom is -0.298 e. The maximum atomic E-state index is 13.2. The van der Waals surface area contributed by atoms with Crippen LogP contribution in [0.5, 0.6) is 0 Å². The Labute approximate surface area is 153 Å². The van der Waals surface area contributed by atoms with E-state index in [0.717, 1.165) is 10.6 Å². The van der Waals surface area contributed by atoms with Crippen molar-refractivity contribution in [1.82, 2.24) is 10.4 Å². The lowest BCUT2D eigenvalue weighted by atomic mass is 10.1. The van der Waals surface area contributed by atoms with Crippen molar-refractivity contribution in [2.24, 2.45) is 0 Å². The molecule has 2 aromatic carbocycles. The van der Waals surface area contributed by atoms with Crippen LogP contribution < -0.4 is 5.32 Å². The maximum absolute atomic E-state index is 13.2. The molecule has 0 aromatic heterocycles. The Morgan fingerprint density at radius 1 is 1.08 bits per heavy atom. The highest BCUT2D eigenvalue weighted by Gasteiger charge is 2.46. The van der Waals surface area contributed by atoms with Gasteiger partial charge in [0.2, 0.25) is 0 Å². The number of rotatable bonds is 5. The third-order valence-electron chi connectivity index (χ3n) is 4.73. The summed E-state index contributed by atoms with van der Waals surface area (Å²) in [6.45, 7) is 0. The van der Waals surface area contributed by atoms with Crippen LogP contribution in [0.2, 0.25) is 0 Å². The highest BCUT2D eigenvalue weighted by Crippen LogP contribution is 2.35. The number of nitrogens with one attached hydrogen (secondary N) is 1. The minimum atomic E-state index is -3.61. The normalized spacial score (nSPS) is 22.9. The number of benzene rings is 2. The van der Waals surface area contributed by atoms with Gasteiger partial charge in [0.1, 0.15) is 0 Å². The summed E-state index contributed by atoms with van der Waals surface area (Å²) >= 11 is 0. The quantitative estimate of drug-likeness (QED) is 0.810. The first-order valence-corrected chi connectivity index (χ1v) is 9.91. The third kappa shape index (κ3) is 3.51. The lowest BCUT2D eigenvalue weighted by Crippen LogP contribution is -2.41. The number of carbonyl (C=O) groups is 1. The summed E-state index contributed by atoms with van der Waals surface area (Å²) in [6, 6.07) is 16.6. The van der Waals surface area contributed by atoms with E-state index < -0.39 is 27.2 Å². The second kappa shape index (κ2) is 7.57. The van der Waals surface area contributed by atoms with Gasteiger partial charge in [0, 0.05) is 7.05 Å². The van der Waals surface area contributed by atoms with Crippen molar-refractivity contribution < 1.29 is 18.0 Å². The number of hydrogen-bond acceptors (Lipinski definition) is 5. The molecule has 0 unspecified atom stereocenters. The Balaban J connectivity index is 1.98. The fraction of sp³-hybridized carbons (Fsp3) is 0.316. The van der Waals surface area contributed by atoms with Gasteiger partial charge in [-0.25, -0.2) is 13.5 Å². The zero-order chi connectivity index (χ0) is 18.7. The summed E-state index contributed by atoms with van der Waals surface area (Å²) in [7, 11) is -0.692. The Hall–Kier alpha value is -2.22. The average molecular weight is 374 g/mol. The lowest BCUT2D eigenvalue weighted by molar-refractivity contribution is -0.170. The smallest absolute Gasteiger partial charge is 0.263 e. The molecule has 1 aliphatic rings. The monoisotopic (exact) mass is 374 g/mol. The molecule has 1 aliphatic heterocycles. The lowest BCUT2D eigenvalue weighted by Gasteiger charge is -2.21. The van der Waals surface area contributed by atoms with Crippen LogP contribution >= 0.6 is 0 Å². The van der Waals surface area contributed by atoms with Crippen LogP contribution in [0.3, 0.4) is 0 Å². The number of likely N-dealkylation sites (N-methyl/N-ethyl adjacent to an activating group) is 1. The van der Waals surface area contributed by atoms with E-state index in [9.17, 15) is 13.2 Å². The predicted molar refractivity (Wildman–Crippen MR) is 97.9 cm³/mol. The fourth-order valence-corrected chi connectivity index (χ4v) is 5.23. The van der Waals surface area contributed by atoms with Gasteiger partial charge in [0.25, 0.3) is 5.91 Å². The molecule has 1 N–H and O–H groups in total. The number of sulfone groups is 1. The zero-order valence-electron chi connectivity index (χ0n) is 14.7. The summed E-state index contributed by atoms with van der Waals surface area (Å²) in [4.78, 5) is 17.7. The second-order valence-corrected chi connectivity index (χ2v) is 8.43. The Kier molecular flexibility index (Phi) is 5.41. The van der Waals surface area contributed by atoms with E-state index in [2.05, 4.69) is 5.32 Å². The molecule has 2 aromatic rings. The van der Waals surface area contributed by atoms with Gasteiger partial charge in [-0.05, 0) is 24.1 Å². The molecule has 0 aliphatic carbocycles. The molecule has 1 fully saturated rings. The summed E-state index contributed by atoms with van der Waals surface area (Å²) in [5.74, 6) is -0.292. The van der Waals surface area contributed by atoms with Gasteiger partial charge in [0.15, 0.2) is 9.84 Å². The summed E-state index contributed by atoms with van der Waals surface area (Å²) in [5, 5.41) is 3.58. The molecular formula is C19H22N2O4S. The highest BCUT2D eigenvalue weighted by molar-refractivity contribution is 7.92. The molecular weight excluding hydrogens is 352 g/mol. The SMILES string of the molecule is CON(C)C(=O)[C@H]1C[C@H](S(=O)(=O)c2ccccc2)[C@@H](c2ccccc2)N1. The molecule has 1 saturated heterocycles. The van der Waals surface area contributed by atoms with Crippen LogP contribution in [-0.4, -0.2) is 44.8 Å². The van der Waals surface area contributed by atoms with E-state index in [1.54, 1.807) is 30.3 Å². The van der Waals surface area contributed by atoms with Crippen molar-refractivity contribution in [1.29, 1.82) is 0 Å². The number of carbonyl (C=O) groups excluding carboxylic acids is 1. The number of amides is 1. The van der Waals surface area contributed by atoms with Gasteiger partial charge in [-0.15, -0.1) is 0 Å². The van der Waals surface area contributed by atoms with Crippen LogP contribution in [0, 0.1) is 0 Å². The number of nitrogens with zero attached hydrogens (tertiary/aromatic N) is 1. The van der Waals surface area contributed by atoms with Crippen molar-refractivity contribution in [3.63, 3.8) is 0 Å². The molecule has 3 atom stereocenters. The standard InChI is InChI=1S/C19H22N2O4S/c1-21(25-2)19(22)16-13-17(18(20-16)14-9-5-3-6-10-14)26(23,24)15-11-7-4-8-12-15/h3-12,16-18,20H,13H2,1-2H3/t16-,17+,18-/m1/s1. The van der Waals surface area contributed by atoms with E-state index in [4.69, 9.17) is 4.84 Å². The van der Waals surface area contributed by atoms with Crippen molar-refractivity contribution >= 4 is 15.7 Å². The molecule has 26 heavy (non-hydrogen) atoms. The summed E-state index contributed by atoms with van der Waals surface area (Å²) in [6.07, 6.45) is 0.184. The highest BCUT2D eigenvalue weighted by atomic mass is 32.2. The van der Waals surface area contributed by atoms with E-state index in [1.807, 2.05) is 30.3 Å². The van der Waals surface area contributed by atoms with Crippen molar-refractivity contribution in [3.05, 3.63) is 66.2 Å². The van der Waals surface area contributed by atoms with E-state index in [1.165, 1.54) is 14.2 Å². The predicted octanol–water partition coefficient (Wildman–Crippen LogP) is 1.95. The molecule has 138 valence electrons. The molecule has 0 radical (unpaired) electrons. The summed E-state index contributed by atoms with van der Waals surface area (Å²) in [5.41, 5.74) is 0.840. The van der Waals surface area contributed by atoms with E-state index in [0.29, 0.717) is 0 Å². The van der Waals surface area contributed by atoms with E-state index >= 15 is 0 Å². The Bertz CT molecular complexity index is 856. The molecule has 6 nitrogen and oxygen atoms in total. The molecule has 1 amide bonds. The van der Waals surface area contributed by atoms with Gasteiger partial charge >= 0.3 is 0 Å². The summed E-state index contributed by atoms with van der Waals surface area (Å²) < 4.78 is 26.5. The third-order valence-corrected chi connectivity index (χ3v) is 6.92. The first-order chi connectivity index (χ1) is 12.4. The minimum absolute atomic E-state index is 0.184. The van der Waals surface area contributed by atoms with Crippen molar-refractivity contribution in [2.45, 2.75) is 28.6 Å². The maximum Gasteiger partial charge on any atom is 0.263 e. The van der Waals surface area contributed by atoms with Crippen LogP contribution in [0.25, 0.3) is 0 Å². The molecule has 3 rings (SSSR count). The van der Waals surface area contributed by atoms with Crippen molar-refractivity contribution in [2.75, 3.05) is 14.2 Å². The van der Waals surface area contributed by atoms with Gasteiger partial charge in [-0.3, -0.25) is 14.9 Å². The molecule has 0 bridgehead atoms. The number of hydroxylamine groups is 2. The van der Waals surface area contributed by atoms with Crippen molar-refractivity contribution in [3.8, 4) is 0 Å². The Morgan fingerprint density at radius 3 is 2.23 bits per heavy atom. The van der Waals surface area contributed by atoms with Crippen LogP contribution in [0.15, 0.2) is 65.6 Å². The first kappa shape index (κ1) is 18.6. The first-order valence-electron chi connectivity index (χ1n) is 8.36. The average Bonchev–Trinajstić information content (AvgIpc) is 3.14. The van der Waals surface area contributed by atoms with Crippen LogP contribution in [0.1, 0.15) is 18.0 Å². The van der Waals surface area contributed by atoms with Gasteiger partial charge < -0.3 is 0 Å². The molecule has 1 heterocycles. The number of hydrogen-bond donors (Lipinski definition) is 1. The van der Waals surface area contributed by atoms with E-state index in [-0.39, 0.29) is 17.2 Å². The van der Waals surface area contributed by atoms with Gasteiger partial charge in [0.05, 0.1) is 29.3 Å². The zero-order valence-corrected chi connectivity index (χ0v) is 15.5. The topological polar surface area (TPSA) is 75.7 Å². The van der Waals surface area contributed by atoms with Gasteiger partial charge in [-0.1, -0.05) is 48.5 Å². The largest absolute Gasteiger partial charge is 0.298 e. The van der Waals surface area contributed by atoms with Crippen LogP contribution in [-0.2, 0) is 19.5 Å². The van der Waals surface area contributed by atoms with Gasteiger partial charge in [-0.2, -0.15) is 0 Å². The second-order valence-electron chi connectivity index (χ2n) is 6.26. The molecule has 0 saturated carbocycles. The van der Waals surface area contributed by atoms with Crippen LogP contribution in [0.4, 0.5) is 0 Å². The Morgan fingerprint density at radius 2 is 1.65 bits per heavy atom. The molecule has 0 spiro atoms. The molecule has 7 heteroatoms. The fourth-order valence-electron chi connectivity index (χ4n) is 3.30.